The van der Waals surface area contributed by atoms with Crippen molar-refractivity contribution >= 4 is 35.2 Å². The third-order valence-electron chi connectivity index (χ3n) is 3.44. The van der Waals surface area contributed by atoms with Gasteiger partial charge in [0, 0.05) is 11.1 Å². The normalized spacial score (nSPS) is 15.0. The van der Waals surface area contributed by atoms with Crippen LogP contribution in [0.1, 0.15) is 11.1 Å². The fraction of sp³-hybridized carbons (Fsp3) is 0.0588. The number of nitrogens with zero attached hydrogens (tertiary/aromatic N) is 2. The Morgan fingerprint density at radius 2 is 2.04 bits per heavy atom. The molecule has 0 radical (unpaired) electrons. The van der Waals surface area contributed by atoms with E-state index in [4.69, 9.17) is 21.1 Å². The summed E-state index contributed by atoms with van der Waals surface area (Å²) in [5.74, 6) is -0.257. The first-order valence-corrected chi connectivity index (χ1v) is 7.47. The summed E-state index contributed by atoms with van der Waals surface area (Å²) in [4.78, 5) is 26.8. The predicted molar refractivity (Wildman–Crippen MR) is 91.7 cm³/mol. The zero-order valence-electron chi connectivity index (χ0n) is 12.9. The van der Waals surface area contributed by atoms with Crippen molar-refractivity contribution in [2.75, 3.05) is 7.11 Å². The van der Waals surface area contributed by atoms with E-state index in [0.29, 0.717) is 16.3 Å². The van der Waals surface area contributed by atoms with Crippen molar-refractivity contribution in [1.29, 1.82) is 0 Å². The molecule has 2 aromatic rings. The summed E-state index contributed by atoms with van der Waals surface area (Å²) >= 11 is 5.97. The largest absolute Gasteiger partial charge is 0.496 e. The highest BCUT2D eigenvalue weighted by Crippen LogP contribution is 2.29. The zero-order valence-corrected chi connectivity index (χ0v) is 13.7. The molecule has 0 saturated carbocycles. The number of para-hydroxylation sites is 1. The van der Waals surface area contributed by atoms with E-state index in [0.717, 1.165) is 0 Å². The quantitative estimate of drug-likeness (QED) is 0.360. The Hall–Kier alpha value is -3.19. The molecule has 1 heterocycles. The highest BCUT2D eigenvalue weighted by atomic mass is 35.5. The molecule has 1 aliphatic heterocycles. The van der Waals surface area contributed by atoms with Crippen LogP contribution in [0.15, 0.2) is 53.2 Å². The van der Waals surface area contributed by atoms with E-state index in [1.807, 2.05) is 0 Å². The number of carbonyl (C=O) groups is 1. The zero-order chi connectivity index (χ0) is 18.0. The van der Waals surface area contributed by atoms with Gasteiger partial charge in [-0.2, -0.15) is 0 Å². The lowest BCUT2D eigenvalue weighted by atomic mass is 10.1. The number of benzene rings is 2. The second-order valence-electron chi connectivity index (χ2n) is 5.00. The Balaban J connectivity index is 2.05. The van der Waals surface area contributed by atoms with E-state index in [1.165, 1.54) is 25.3 Å². The lowest BCUT2D eigenvalue weighted by Crippen LogP contribution is -2.07. The maximum Gasteiger partial charge on any atom is 0.363 e. The molecule has 0 saturated heterocycles. The lowest BCUT2D eigenvalue weighted by molar-refractivity contribution is -0.385. The maximum absolute atomic E-state index is 12.1. The van der Waals surface area contributed by atoms with E-state index >= 15 is 0 Å². The number of esters is 1. The van der Waals surface area contributed by atoms with E-state index in [9.17, 15) is 14.9 Å². The average molecular weight is 359 g/mol. The second kappa shape index (κ2) is 6.74. The van der Waals surface area contributed by atoms with Crippen molar-refractivity contribution < 1.29 is 19.2 Å². The minimum Gasteiger partial charge on any atom is -0.496 e. The third kappa shape index (κ3) is 3.36. The minimum absolute atomic E-state index is 0.0224. The van der Waals surface area contributed by atoms with Gasteiger partial charge in [0.25, 0.3) is 5.69 Å². The minimum atomic E-state index is -0.713. The molecule has 126 valence electrons. The number of nitro groups is 1. The molecule has 2 aromatic carbocycles. The Kier molecular flexibility index (Phi) is 4.49. The molecule has 3 rings (SSSR count). The third-order valence-corrected chi connectivity index (χ3v) is 3.67. The highest BCUT2D eigenvalue weighted by Gasteiger charge is 2.27. The van der Waals surface area contributed by atoms with Crippen molar-refractivity contribution in [1.82, 2.24) is 0 Å². The summed E-state index contributed by atoms with van der Waals surface area (Å²) in [7, 11) is 1.47. The first kappa shape index (κ1) is 16.7. The molecule has 8 heteroatoms. The van der Waals surface area contributed by atoms with Crippen LogP contribution in [0.3, 0.4) is 0 Å². The molecule has 7 nitrogen and oxygen atoms in total. The van der Waals surface area contributed by atoms with Crippen LogP contribution in [-0.4, -0.2) is 23.9 Å². The molecule has 0 unspecified atom stereocenters. The molecule has 25 heavy (non-hydrogen) atoms. The molecule has 0 bridgehead atoms. The molecule has 0 aromatic heterocycles. The number of rotatable bonds is 4. The number of carbonyl (C=O) groups excluding carboxylic acids is 1. The van der Waals surface area contributed by atoms with Gasteiger partial charge in [0.1, 0.15) is 5.75 Å². The van der Waals surface area contributed by atoms with Crippen molar-refractivity contribution in [3.05, 3.63) is 74.4 Å². The Labute approximate surface area is 147 Å². The summed E-state index contributed by atoms with van der Waals surface area (Å²) < 4.78 is 10.4. The predicted octanol–water partition coefficient (Wildman–Crippen LogP) is 3.60. The average Bonchev–Trinajstić information content (AvgIpc) is 2.96. The summed E-state index contributed by atoms with van der Waals surface area (Å²) in [5.41, 5.74) is 0.481. The standard InChI is InChI=1S/C17H11ClN2O5/c1-24-15-7-6-11(18)9-12(15)16-19-13(17(21)25-16)8-10-4-2-3-5-14(10)20(22)23/h2-9H,1H3/b13-8+. The van der Waals surface area contributed by atoms with Crippen LogP contribution in [0.25, 0.3) is 6.08 Å². The molecule has 0 spiro atoms. The van der Waals surface area contributed by atoms with Gasteiger partial charge >= 0.3 is 5.97 Å². The first-order valence-electron chi connectivity index (χ1n) is 7.09. The van der Waals surface area contributed by atoms with Crippen molar-refractivity contribution in [2.45, 2.75) is 0 Å². The van der Waals surface area contributed by atoms with Crippen LogP contribution in [0, 0.1) is 10.1 Å². The number of halogens is 1. The first-order chi connectivity index (χ1) is 12.0. The van der Waals surface area contributed by atoms with Gasteiger partial charge in [0.15, 0.2) is 5.70 Å². The van der Waals surface area contributed by atoms with E-state index in [-0.39, 0.29) is 22.8 Å². The van der Waals surface area contributed by atoms with Crippen LogP contribution < -0.4 is 4.74 Å². The molecular weight excluding hydrogens is 348 g/mol. The summed E-state index contributed by atoms with van der Waals surface area (Å²) in [6.45, 7) is 0. The van der Waals surface area contributed by atoms with Crippen molar-refractivity contribution in [3.8, 4) is 5.75 Å². The van der Waals surface area contributed by atoms with Gasteiger partial charge in [-0.25, -0.2) is 9.79 Å². The Morgan fingerprint density at radius 3 is 2.76 bits per heavy atom. The van der Waals surface area contributed by atoms with Gasteiger partial charge in [-0.15, -0.1) is 0 Å². The van der Waals surface area contributed by atoms with Crippen molar-refractivity contribution in [3.63, 3.8) is 0 Å². The smallest absolute Gasteiger partial charge is 0.363 e. The number of cyclic esters (lactones) is 1. The van der Waals surface area contributed by atoms with E-state index in [1.54, 1.807) is 30.3 Å². The molecule has 0 aliphatic carbocycles. The summed E-state index contributed by atoms with van der Waals surface area (Å²) in [6, 6.07) is 10.8. The second-order valence-corrected chi connectivity index (χ2v) is 5.43. The van der Waals surface area contributed by atoms with Gasteiger partial charge < -0.3 is 9.47 Å². The molecule has 0 fully saturated rings. The Morgan fingerprint density at radius 1 is 1.28 bits per heavy atom. The molecule has 1 aliphatic rings. The number of methoxy groups -OCH3 is 1. The van der Waals surface area contributed by atoms with Gasteiger partial charge in [0.05, 0.1) is 23.2 Å². The van der Waals surface area contributed by atoms with Crippen LogP contribution in [0.5, 0.6) is 5.75 Å². The van der Waals surface area contributed by atoms with E-state index in [2.05, 4.69) is 4.99 Å². The summed E-state index contributed by atoms with van der Waals surface area (Å²) in [5, 5.41) is 11.5. The van der Waals surface area contributed by atoms with Gasteiger partial charge in [-0.05, 0) is 30.3 Å². The topological polar surface area (TPSA) is 91.0 Å². The fourth-order valence-corrected chi connectivity index (χ4v) is 2.47. The van der Waals surface area contributed by atoms with Crippen LogP contribution >= 0.6 is 11.6 Å². The van der Waals surface area contributed by atoms with Gasteiger partial charge in [0.2, 0.25) is 5.90 Å². The monoisotopic (exact) mass is 358 g/mol. The Bertz CT molecular complexity index is 936. The number of hydrogen-bond donors (Lipinski definition) is 0. The molecular formula is C17H11ClN2O5. The number of nitro benzene ring substituents is 1. The number of hydrogen-bond acceptors (Lipinski definition) is 6. The van der Waals surface area contributed by atoms with E-state index < -0.39 is 10.9 Å². The van der Waals surface area contributed by atoms with Crippen LogP contribution in [0.2, 0.25) is 5.02 Å². The summed E-state index contributed by atoms with van der Waals surface area (Å²) in [6.07, 6.45) is 1.31. The lowest BCUT2D eigenvalue weighted by Gasteiger charge is -2.07. The van der Waals surface area contributed by atoms with Gasteiger partial charge in [-0.3, -0.25) is 10.1 Å². The molecule has 0 atom stereocenters. The maximum atomic E-state index is 12.1. The van der Waals surface area contributed by atoms with Gasteiger partial charge in [-0.1, -0.05) is 23.7 Å². The number of ether oxygens (including phenoxy) is 2. The van der Waals surface area contributed by atoms with Crippen molar-refractivity contribution in [2.24, 2.45) is 4.99 Å². The fourth-order valence-electron chi connectivity index (χ4n) is 2.29. The molecule has 0 amide bonds. The highest BCUT2D eigenvalue weighted by molar-refractivity contribution is 6.31. The van der Waals surface area contributed by atoms with Crippen LogP contribution in [-0.2, 0) is 9.53 Å². The number of aliphatic imine (C=N–C) groups is 1. The van der Waals surface area contributed by atoms with Crippen LogP contribution in [0.4, 0.5) is 5.69 Å². The SMILES string of the molecule is COc1ccc(Cl)cc1C1=N/C(=C/c2ccccc2[N+](=O)[O-])C(=O)O1. The molecule has 0 N–H and O–H groups in total.